The largest absolute Gasteiger partial charge is 0.496 e. The lowest BCUT2D eigenvalue weighted by molar-refractivity contribution is -0.126. The number of fused-ring (bicyclic) bond motifs is 1. The third kappa shape index (κ3) is 3.43. The smallest absolute Gasteiger partial charge is 0.229 e. The molecular formula is C21H22N4O3. The van der Waals surface area contributed by atoms with Crippen LogP contribution in [0.3, 0.4) is 0 Å². The Bertz CT molecular complexity index is 1010. The second-order valence-electron chi connectivity index (χ2n) is 6.85. The van der Waals surface area contributed by atoms with Gasteiger partial charge in [0.25, 0.3) is 0 Å². The van der Waals surface area contributed by atoms with Crippen LogP contribution in [-0.2, 0) is 16.0 Å². The van der Waals surface area contributed by atoms with E-state index in [0.717, 1.165) is 22.2 Å². The highest BCUT2D eigenvalue weighted by atomic mass is 16.5. The van der Waals surface area contributed by atoms with Crippen molar-refractivity contribution in [1.29, 1.82) is 0 Å². The van der Waals surface area contributed by atoms with Crippen molar-refractivity contribution in [3.8, 4) is 5.75 Å². The van der Waals surface area contributed by atoms with Crippen molar-refractivity contribution in [2.24, 2.45) is 5.92 Å². The molecule has 0 unspecified atom stereocenters. The van der Waals surface area contributed by atoms with Crippen LogP contribution >= 0.6 is 0 Å². The van der Waals surface area contributed by atoms with E-state index in [1.165, 1.54) is 0 Å². The van der Waals surface area contributed by atoms with Crippen LogP contribution in [-0.4, -0.2) is 42.2 Å². The number of carbonyl (C=O) groups excluding carboxylic acids is 2. The van der Waals surface area contributed by atoms with Gasteiger partial charge >= 0.3 is 0 Å². The highest BCUT2D eigenvalue weighted by Crippen LogP contribution is 2.29. The molecule has 7 nitrogen and oxygen atoms in total. The summed E-state index contributed by atoms with van der Waals surface area (Å²) in [5.41, 5.74) is 1.91. The predicted octanol–water partition coefficient (Wildman–Crippen LogP) is 2.28. The number of hydrogen-bond donors (Lipinski definition) is 2. The third-order valence-electron chi connectivity index (χ3n) is 5.09. The molecule has 1 aromatic heterocycles. The predicted molar refractivity (Wildman–Crippen MR) is 106 cm³/mol. The molecule has 1 aliphatic rings. The molecule has 0 radical (unpaired) electrons. The molecule has 1 aliphatic heterocycles. The number of para-hydroxylation sites is 2. The second kappa shape index (κ2) is 7.72. The minimum absolute atomic E-state index is 0.0814. The van der Waals surface area contributed by atoms with Gasteiger partial charge in [-0.15, -0.1) is 0 Å². The standard InChI is InChI=1S/C21H22N4O3/c1-28-18-9-5-2-6-14(18)10-11-22-21(27)15-12-19(26)25(13-15)20-16-7-3-4-8-17(16)23-24-20/h2-9,15H,10-13H2,1H3,(H,22,27)(H,23,24)/t15-/m1/s1. The molecule has 4 rings (SSSR count). The van der Waals surface area contributed by atoms with Crippen LogP contribution in [0.25, 0.3) is 10.9 Å². The molecule has 2 amide bonds. The molecule has 1 atom stereocenters. The third-order valence-corrected chi connectivity index (χ3v) is 5.09. The van der Waals surface area contributed by atoms with Gasteiger partial charge in [-0.05, 0) is 30.2 Å². The van der Waals surface area contributed by atoms with E-state index in [4.69, 9.17) is 4.74 Å². The van der Waals surface area contributed by atoms with Crippen molar-refractivity contribution < 1.29 is 14.3 Å². The van der Waals surface area contributed by atoms with Gasteiger partial charge in [-0.25, -0.2) is 0 Å². The number of aromatic amines is 1. The van der Waals surface area contributed by atoms with Crippen molar-refractivity contribution in [3.63, 3.8) is 0 Å². The van der Waals surface area contributed by atoms with Crippen molar-refractivity contribution in [3.05, 3.63) is 54.1 Å². The Labute approximate surface area is 162 Å². The number of anilines is 1. The molecule has 1 fully saturated rings. The molecule has 28 heavy (non-hydrogen) atoms. The summed E-state index contributed by atoms with van der Waals surface area (Å²) in [6, 6.07) is 15.4. The maximum atomic E-state index is 12.6. The van der Waals surface area contributed by atoms with Crippen molar-refractivity contribution >= 4 is 28.5 Å². The number of methoxy groups -OCH3 is 1. The van der Waals surface area contributed by atoms with E-state index < -0.39 is 0 Å². The van der Waals surface area contributed by atoms with Gasteiger partial charge in [-0.1, -0.05) is 30.3 Å². The van der Waals surface area contributed by atoms with Gasteiger partial charge in [0.15, 0.2) is 5.82 Å². The zero-order chi connectivity index (χ0) is 19.5. The summed E-state index contributed by atoms with van der Waals surface area (Å²) < 4.78 is 5.33. The Morgan fingerprint density at radius 3 is 2.89 bits per heavy atom. The number of aromatic nitrogens is 2. The Kier molecular flexibility index (Phi) is 4.97. The molecule has 0 spiro atoms. The number of benzene rings is 2. The number of nitrogens with zero attached hydrogens (tertiary/aromatic N) is 2. The lowest BCUT2D eigenvalue weighted by Gasteiger charge is -2.14. The Hall–Kier alpha value is -3.35. The van der Waals surface area contributed by atoms with E-state index in [0.29, 0.717) is 25.3 Å². The summed E-state index contributed by atoms with van der Waals surface area (Å²) in [4.78, 5) is 26.7. The number of carbonyl (C=O) groups is 2. The van der Waals surface area contributed by atoms with Crippen LogP contribution in [0.1, 0.15) is 12.0 Å². The molecule has 0 aliphatic carbocycles. The summed E-state index contributed by atoms with van der Waals surface area (Å²) in [5, 5.41) is 11.0. The van der Waals surface area contributed by atoms with E-state index in [-0.39, 0.29) is 24.2 Å². The molecule has 2 heterocycles. The monoisotopic (exact) mass is 378 g/mol. The summed E-state index contributed by atoms with van der Waals surface area (Å²) in [7, 11) is 1.63. The van der Waals surface area contributed by atoms with Gasteiger partial charge in [-0.2, -0.15) is 5.10 Å². The molecule has 1 saturated heterocycles. The SMILES string of the molecule is COc1ccccc1CCNC(=O)[C@@H]1CC(=O)N(c2n[nH]c3ccccc23)C1. The van der Waals surface area contributed by atoms with Crippen LogP contribution < -0.4 is 15.0 Å². The van der Waals surface area contributed by atoms with Crippen LogP contribution in [0.2, 0.25) is 0 Å². The molecule has 0 saturated carbocycles. The first-order chi connectivity index (χ1) is 13.7. The number of H-pyrrole nitrogens is 1. The summed E-state index contributed by atoms with van der Waals surface area (Å²) in [5.74, 6) is 0.836. The van der Waals surface area contributed by atoms with Crippen LogP contribution in [0.5, 0.6) is 5.75 Å². The second-order valence-corrected chi connectivity index (χ2v) is 6.85. The maximum absolute atomic E-state index is 12.6. The van der Waals surface area contributed by atoms with E-state index in [9.17, 15) is 9.59 Å². The number of rotatable bonds is 6. The van der Waals surface area contributed by atoms with E-state index in [1.54, 1.807) is 12.0 Å². The van der Waals surface area contributed by atoms with Crippen LogP contribution in [0, 0.1) is 5.92 Å². The quantitative estimate of drug-likeness (QED) is 0.689. The zero-order valence-corrected chi connectivity index (χ0v) is 15.6. The zero-order valence-electron chi connectivity index (χ0n) is 15.6. The fourth-order valence-corrected chi connectivity index (χ4v) is 3.62. The van der Waals surface area contributed by atoms with Crippen LogP contribution in [0.4, 0.5) is 5.82 Å². The number of hydrogen-bond acceptors (Lipinski definition) is 4. The highest BCUT2D eigenvalue weighted by Gasteiger charge is 2.36. The Morgan fingerprint density at radius 1 is 1.25 bits per heavy atom. The van der Waals surface area contributed by atoms with Gasteiger partial charge in [0.1, 0.15) is 5.75 Å². The summed E-state index contributed by atoms with van der Waals surface area (Å²) in [6.07, 6.45) is 0.867. The fraction of sp³-hybridized carbons (Fsp3) is 0.286. The molecule has 2 aromatic carbocycles. The lowest BCUT2D eigenvalue weighted by Crippen LogP contribution is -2.34. The van der Waals surface area contributed by atoms with Gasteiger partial charge in [-0.3, -0.25) is 19.6 Å². The number of amides is 2. The number of nitrogens with one attached hydrogen (secondary N) is 2. The van der Waals surface area contributed by atoms with Crippen molar-refractivity contribution in [2.75, 3.05) is 25.1 Å². The molecule has 0 bridgehead atoms. The minimum atomic E-state index is -0.374. The number of ether oxygens (including phenoxy) is 1. The first-order valence-electron chi connectivity index (χ1n) is 9.30. The van der Waals surface area contributed by atoms with E-state index in [2.05, 4.69) is 15.5 Å². The topological polar surface area (TPSA) is 87.3 Å². The van der Waals surface area contributed by atoms with Gasteiger partial charge in [0, 0.05) is 24.9 Å². The molecule has 7 heteroatoms. The lowest BCUT2D eigenvalue weighted by atomic mass is 10.1. The van der Waals surface area contributed by atoms with Crippen LogP contribution in [0.15, 0.2) is 48.5 Å². The molecular weight excluding hydrogens is 356 g/mol. The maximum Gasteiger partial charge on any atom is 0.229 e. The minimum Gasteiger partial charge on any atom is -0.496 e. The first-order valence-corrected chi connectivity index (χ1v) is 9.30. The van der Waals surface area contributed by atoms with Crippen molar-refractivity contribution in [2.45, 2.75) is 12.8 Å². The van der Waals surface area contributed by atoms with E-state index in [1.807, 2.05) is 48.5 Å². The molecule has 2 N–H and O–H groups in total. The summed E-state index contributed by atoms with van der Waals surface area (Å²) in [6.45, 7) is 0.837. The van der Waals surface area contributed by atoms with E-state index >= 15 is 0 Å². The van der Waals surface area contributed by atoms with Gasteiger partial charge in [0.05, 0.1) is 18.5 Å². The Balaban J connectivity index is 1.38. The van der Waals surface area contributed by atoms with Gasteiger partial charge in [0.2, 0.25) is 11.8 Å². The molecule has 144 valence electrons. The average molecular weight is 378 g/mol. The van der Waals surface area contributed by atoms with Gasteiger partial charge < -0.3 is 10.1 Å². The average Bonchev–Trinajstić information content (AvgIpc) is 3.31. The highest BCUT2D eigenvalue weighted by molar-refractivity contribution is 6.05. The Morgan fingerprint density at radius 2 is 2.04 bits per heavy atom. The fourth-order valence-electron chi connectivity index (χ4n) is 3.62. The molecule has 3 aromatic rings. The first kappa shape index (κ1) is 18.0. The summed E-state index contributed by atoms with van der Waals surface area (Å²) >= 11 is 0. The van der Waals surface area contributed by atoms with Crippen molar-refractivity contribution in [1.82, 2.24) is 15.5 Å². The normalized spacial score (nSPS) is 16.5.